The number of ether oxygens (including phenoxy) is 2. The summed E-state index contributed by atoms with van der Waals surface area (Å²) in [4.78, 5) is 2.49. The molecule has 0 amide bonds. The standard InChI is InChI=1S/C17H28N2O2/c1-5-8-19-9-10-21-16(12-19)17(18-3)14-11-13(2)6-7-15(14)20-4/h6-7,11,16-18H,5,8-10,12H2,1-4H3. The Bertz CT molecular complexity index is 448. The molecule has 0 spiro atoms. The highest BCUT2D eigenvalue weighted by Gasteiger charge is 2.29. The lowest BCUT2D eigenvalue weighted by Gasteiger charge is -2.37. The number of nitrogens with one attached hydrogen (secondary N) is 1. The number of nitrogens with zero attached hydrogens (tertiary/aromatic N) is 1. The van der Waals surface area contributed by atoms with Crippen LogP contribution in [0.1, 0.15) is 30.5 Å². The van der Waals surface area contributed by atoms with E-state index in [0.29, 0.717) is 0 Å². The van der Waals surface area contributed by atoms with Gasteiger partial charge in [0.05, 0.1) is 25.9 Å². The molecule has 1 aliphatic rings. The average molecular weight is 292 g/mol. The fraction of sp³-hybridized carbons (Fsp3) is 0.647. The molecular weight excluding hydrogens is 264 g/mol. The lowest BCUT2D eigenvalue weighted by Crippen LogP contribution is -2.47. The third-order valence-corrected chi connectivity index (χ3v) is 4.12. The molecule has 118 valence electrons. The highest BCUT2D eigenvalue weighted by molar-refractivity contribution is 5.39. The minimum atomic E-state index is 0.152. The molecule has 1 aromatic rings. The first-order valence-corrected chi connectivity index (χ1v) is 7.85. The Kier molecular flexibility index (Phi) is 6.03. The van der Waals surface area contributed by atoms with E-state index in [1.54, 1.807) is 7.11 Å². The molecule has 0 aromatic heterocycles. The van der Waals surface area contributed by atoms with Crippen molar-refractivity contribution < 1.29 is 9.47 Å². The molecule has 2 unspecified atom stereocenters. The normalized spacial score (nSPS) is 21.2. The van der Waals surface area contributed by atoms with Gasteiger partial charge in [-0.3, -0.25) is 4.90 Å². The van der Waals surface area contributed by atoms with Crippen molar-refractivity contribution in [1.82, 2.24) is 10.2 Å². The second kappa shape index (κ2) is 7.78. The molecule has 21 heavy (non-hydrogen) atoms. The number of likely N-dealkylation sites (N-methyl/N-ethyl adjacent to an activating group) is 1. The molecule has 1 saturated heterocycles. The Morgan fingerprint density at radius 3 is 2.95 bits per heavy atom. The van der Waals surface area contributed by atoms with E-state index in [2.05, 4.69) is 36.2 Å². The van der Waals surface area contributed by atoms with Gasteiger partial charge in [-0.1, -0.05) is 24.6 Å². The lowest BCUT2D eigenvalue weighted by atomic mass is 9.97. The van der Waals surface area contributed by atoms with Gasteiger partial charge in [-0.25, -0.2) is 0 Å². The monoisotopic (exact) mass is 292 g/mol. The number of aryl methyl sites for hydroxylation is 1. The molecule has 0 bridgehead atoms. The molecule has 1 N–H and O–H groups in total. The van der Waals surface area contributed by atoms with Crippen LogP contribution in [0, 0.1) is 6.92 Å². The summed E-state index contributed by atoms with van der Waals surface area (Å²) in [5.41, 5.74) is 2.43. The van der Waals surface area contributed by atoms with E-state index >= 15 is 0 Å². The van der Waals surface area contributed by atoms with Crippen LogP contribution in [0.3, 0.4) is 0 Å². The SMILES string of the molecule is CCCN1CCOC(C(NC)c2cc(C)ccc2OC)C1. The summed E-state index contributed by atoms with van der Waals surface area (Å²) in [6.07, 6.45) is 1.34. The second-order valence-electron chi connectivity index (χ2n) is 5.72. The third kappa shape index (κ3) is 3.96. The van der Waals surface area contributed by atoms with Gasteiger partial charge in [0, 0.05) is 18.7 Å². The summed E-state index contributed by atoms with van der Waals surface area (Å²) in [6.45, 7) is 8.28. The Labute approximate surface area is 128 Å². The number of hydrogen-bond donors (Lipinski definition) is 1. The van der Waals surface area contributed by atoms with E-state index in [0.717, 1.165) is 32.0 Å². The van der Waals surface area contributed by atoms with Crippen molar-refractivity contribution in [2.24, 2.45) is 0 Å². The van der Waals surface area contributed by atoms with Crippen LogP contribution >= 0.6 is 0 Å². The van der Waals surface area contributed by atoms with Gasteiger partial charge in [0.15, 0.2) is 0 Å². The van der Waals surface area contributed by atoms with Crippen molar-refractivity contribution in [2.45, 2.75) is 32.4 Å². The highest BCUT2D eigenvalue weighted by Crippen LogP contribution is 2.30. The predicted molar refractivity (Wildman–Crippen MR) is 86.0 cm³/mol. The van der Waals surface area contributed by atoms with Crippen LogP contribution in [0.15, 0.2) is 18.2 Å². The van der Waals surface area contributed by atoms with Crippen LogP contribution in [0.2, 0.25) is 0 Å². The first kappa shape index (κ1) is 16.3. The van der Waals surface area contributed by atoms with E-state index < -0.39 is 0 Å². The van der Waals surface area contributed by atoms with Crippen LogP contribution in [-0.4, -0.2) is 51.4 Å². The average Bonchev–Trinajstić information content (AvgIpc) is 2.49. The zero-order valence-electron chi connectivity index (χ0n) is 13.7. The maximum Gasteiger partial charge on any atom is 0.123 e. The summed E-state index contributed by atoms with van der Waals surface area (Å²) in [5.74, 6) is 0.927. The molecule has 2 rings (SSSR count). The predicted octanol–water partition coefficient (Wildman–Crippen LogP) is 2.37. The molecule has 1 heterocycles. The first-order valence-electron chi connectivity index (χ1n) is 7.85. The number of morpholine rings is 1. The summed E-state index contributed by atoms with van der Waals surface area (Å²) in [5, 5.41) is 3.42. The van der Waals surface area contributed by atoms with Crippen LogP contribution in [-0.2, 0) is 4.74 Å². The third-order valence-electron chi connectivity index (χ3n) is 4.12. The fourth-order valence-corrected chi connectivity index (χ4v) is 3.09. The van der Waals surface area contributed by atoms with Crippen LogP contribution in [0.5, 0.6) is 5.75 Å². The zero-order chi connectivity index (χ0) is 15.2. The van der Waals surface area contributed by atoms with E-state index in [-0.39, 0.29) is 12.1 Å². The van der Waals surface area contributed by atoms with E-state index in [9.17, 15) is 0 Å². The molecule has 1 aliphatic heterocycles. The molecule has 1 aromatic carbocycles. The molecule has 0 radical (unpaired) electrons. The van der Waals surface area contributed by atoms with Crippen LogP contribution in [0.25, 0.3) is 0 Å². The highest BCUT2D eigenvalue weighted by atomic mass is 16.5. The van der Waals surface area contributed by atoms with Gasteiger partial charge >= 0.3 is 0 Å². The Balaban J connectivity index is 2.20. The summed E-state index contributed by atoms with van der Waals surface area (Å²) < 4.78 is 11.6. The second-order valence-corrected chi connectivity index (χ2v) is 5.72. The maximum atomic E-state index is 6.04. The van der Waals surface area contributed by atoms with Crippen molar-refractivity contribution >= 4 is 0 Å². The molecule has 0 saturated carbocycles. The van der Waals surface area contributed by atoms with E-state index in [1.807, 2.05) is 13.1 Å². The minimum Gasteiger partial charge on any atom is -0.496 e. The Hall–Kier alpha value is -1.10. The van der Waals surface area contributed by atoms with Crippen LogP contribution < -0.4 is 10.1 Å². The topological polar surface area (TPSA) is 33.7 Å². The largest absolute Gasteiger partial charge is 0.496 e. The van der Waals surface area contributed by atoms with Crippen molar-refractivity contribution in [1.29, 1.82) is 0 Å². The lowest BCUT2D eigenvalue weighted by molar-refractivity contribution is -0.0462. The van der Waals surface area contributed by atoms with Gasteiger partial charge in [-0.15, -0.1) is 0 Å². The van der Waals surface area contributed by atoms with Gasteiger partial charge in [0.2, 0.25) is 0 Å². The maximum absolute atomic E-state index is 6.04. The smallest absolute Gasteiger partial charge is 0.123 e. The van der Waals surface area contributed by atoms with E-state index in [4.69, 9.17) is 9.47 Å². The van der Waals surface area contributed by atoms with Crippen molar-refractivity contribution in [3.8, 4) is 5.75 Å². The van der Waals surface area contributed by atoms with Crippen molar-refractivity contribution in [3.63, 3.8) is 0 Å². The molecule has 0 aliphatic carbocycles. The molecular formula is C17H28N2O2. The van der Waals surface area contributed by atoms with Crippen molar-refractivity contribution in [2.75, 3.05) is 40.4 Å². The summed E-state index contributed by atoms with van der Waals surface area (Å²) in [6, 6.07) is 6.48. The number of benzene rings is 1. The summed E-state index contributed by atoms with van der Waals surface area (Å²) >= 11 is 0. The number of methoxy groups -OCH3 is 1. The van der Waals surface area contributed by atoms with Gasteiger partial charge in [-0.05, 0) is 33.0 Å². The molecule has 1 fully saturated rings. The molecule has 4 nitrogen and oxygen atoms in total. The van der Waals surface area contributed by atoms with Gasteiger partial charge in [0.25, 0.3) is 0 Å². The van der Waals surface area contributed by atoms with Crippen LogP contribution in [0.4, 0.5) is 0 Å². The molecule has 2 atom stereocenters. The van der Waals surface area contributed by atoms with E-state index in [1.165, 1.54) is 17.5 Å². The minimum absolute atomic E-state index is 0.152. The van der Waals surface area contributed by atoms with Gasteiger partial charge < -0.3 is 14.8 Å². The molecule has 4 heteroatoms. The van der Waals surface area contributed by atoms with Gasteiger partial charge in [0.1, 0.15) is 5.75 Å². The fourth-order valence-electron chi connectivity index (χ4n) is 3.09. The number of hydrogen-bond acceptors (Lipinski definition) is 4. The quantitative estimate of drug-likeness (QED) is 0.873. The van der Waals surface area contributed by atoms with Crippen molar-refractivity contribution in [3.05, 3.63) is 29.3 Å². The zero-order valence-corrected chi connectivity index (χ0v) is 13.7. The number of rotatable bonds is 6. The Morgan fingerprint density at radius 2 is 2.29 bits per heavy atom. The summed E-state index contributed by atoms with van der Waals surface area (Å²) in [7, 11) is 3.72. The van der Waals surface area contributed by atoms with Gasteiger partial charge in [-0.2, -0.15) is 0 Å². The Morgan fingerprint density at radius 1 is 1.48 bits per heavy atom. The first-order chi connectivity index (χ1) is 10.2.